The van der Waals surface area contributed by atoms with Crippen LogP contribution in [0.2, 0.25) is 6.04 Å². The molecule has 0 radical (unpaired) electrons. The lowest BCUT2D eigenvalue weighted by Crippen LogP contribution is -2.46. The van der Waals surface area contributed by atoms with E-state index in [1.54, 1.807) is 0 Å². The van der Waals surface area contributed by atoms with Crippen LogP contribution in [0, 0.1) is 0 Å². The van der Waals surface area contributed by atoms with Crippen LogP contribution in [-0.2, 0) is 22.8 Å². The second-order valence-corrected chi connectivity index (χ2v) is 9.51. The molecular formula is C19H40O5Si. The average Bonchev–Trinajstić information content (AvgIpc) is 3.45. The Morgan fingerprint density at radius 3 is 1.80 bits per heavy atom. The van der Waals surface area contributed by atoms with Gasteiger partial charge in [0.2, 0.25) is 0 Å². The first kappa shape index (κ1) is 23.1. The molecule has 1 rings (SSSR count). The number of rotatable bonds is 19. The van der Waals surface area contributed by atoms with E-state index in [2.05, 4.69) is 20.8 Å². The van der Waals surface area contributed by atoms with Crippen LogP contribution in [0.5, 0.6) is 0 Å². The van der Waals surface area contributed by atoms with Gasteiger partial charge in [0.25, 0.3) is 0 Å². The van der Waals surface area contributed by atoms with Gasteiger partial charge in [-0.3, -0.25) is 0 Å². The monoisotopic (exact) mass is 376 g/mol. The lowest BCUT2D eigenvalue weighted by atomic mass is 10.2. The first-order valence-corrected chi connectivity index (χ1v) is 12.3. The van der Waals surface area contributed by atoms with Gasteiger partial charge in [-0.15, -0.1) is 0 Å². The lowest BCUT2D eigenvalue weighted by Gasteiger charge is -2.29. The maximum atomic E-state index is 6.13. The Labute approximate surface area is 156 Å². The minimum Gasteiger partial charge on any atom is -0.379 e. The van der Waals surface area contributed by atoms with E-state index in [1.165, 1.54) is 19.3 Å². The summed E-state index contributed by atoms with van der Waals surface area (Å²) in [6, 6.07) is 0.947. The Balaban J connectivity index is 2.16. The second kappa shape index (κ2) is 15.1. The summed E-state index contributed by atoms with van der Waals surface area (Å²) in [5.74, 6) is 0. The van der Waals surface area contributed by atoms with Gasteiger partial charge in [0, 0.05) is 32.5 Å². The van der Waals surface area contributed by atoms with Gasteiger partial charge in [-0.05, 0) is 32.1 Å². The summed E-state index contributed by atoms with van der Waals surface area (Å²) in [5.41, 5.74) is 0. The van der Waals surface area contributed by atoms with E-state index < -0.39 is 8.80 Å². The summed E-state index contributed by atoms with van der Waals surface area (Å²) in [6.45, 7) is 11.1. The zero-order valence-electron chi connectivity index (χ0n) is 16.7. The van der Waals surface area contributed by atoms with E-state index in [4.69, 9.17) is 22.8 Å². The quantitative estimate of drug-likeness (QED) is 0.188. The number of ether oxygens (including phenoxy) is 2. The molecule has 1 atom stereocenters. The first-order chi connectivity index (χ1) is 12.3. The minimum atomic E-state index is -2.48. The van der Waals surface area contributed by atoms with Crippen molar-refractivity contribution in [1.82, 2.24) is 0 Å². The van der Waals surface area contributed by atoms with E-state index >= 15 is 0 Å². The Hall–Kier alpha value is 0.0169. The molecule has 0 aromatic rings. The van der Waals surface area contributed by atoms with Crippen LogP contribution < -0.4 is 0 Å². The molecule has 0 bridgehead atoms. The molecule has 150 valence electrons. The van der Waals surface area contributed by atoms with Crippen LogP contribution in [0.15, 0.2) is 0 Å². The smallest absolute Gasteiger partial charge is 0.379 e. The van der Waals surface area contributed by atoms with Crippen LogP contribution in [-0.4, -0.2) is 54.5 Å². The molecule has 25 heavy (non-hydrogen) atoms. The highest BCUT2D eigenvalue weighted by Crippen LogP contribution is 2.21. The zero-order chi connectivity index (χ0) is 18.2. The fourth-order valence-electron chi connectivity index (χ4n) is 2.57. The molecule has 6 heteroatoms. The van der Waals surface area contributed by atoms with Crippen LogP contribution in [0.25, 0.3) is 0 Å². The topological polar surface area (TPSA) is 49.5 Å². The first-order valence-electron chi connectivity index (χ1n) is 10.4. The van der Waals surface area contributed by atoms with Gasteiger partial charge in [0.15, 0.2) is 0 Å². The van der Waals surface area contributed by atoms with Crippen LogP contribution in [0.4, 0.5) is 0 Å². The van der Waals surface area contributed by atoms with E-state index in [-0.39, 0.29) is 0 Å². The fourth-order valence-corrected chi connectivity index (χ4v) is 5.48. The van der Waals surface area contributed by atoms with E-state index in [9.17, 15) is 0 Å². The van der Waals surface area contributed by atoms with Crippen molar-refractivity contribution in [3.05, 3.63) is 0 Å². The Bertz CT molecular complexity index is 278. The predicted octanol–water partition coefficient (Wildman–Crippen LogP) is 4.57. The molecule has 0 N–H and O–H groups in total. The van der Waals surface area contributed by atoms with Crippen molar-refractivity contribution in [1.29, 1.82) is 0 Å². The van der Waals surface area contributed by atoms with E-state index in [0.29, 0.717) is 6.10 Å². The van der Waals surface area contributed by atoms with Crippen molar-refractivity contribution in [2.45, 2.75) is 84.3 Å². The van der Waals surface area contributed by atoms with Gasteiger partial charge in [-0.25, -0.2) is 0 Å². The van der Waals surface area contributed by atoms with Gasteiger partial charge >= 0.3 is 8.80 Å². The number of unbranched alkanes of at least 4 members (excludes halogenated alkanes) is 4. The Morgan fingerprint density at radius 1 is 0.760 bits per heavy atom. The molecule has 1 aliphatic rings. The second-order valence-electron chi connectivity index (χ2n) is 6.78. The molecule has 5 nitrogen and oxygen atoms in total. The van der Waals surface area contributed by atoms with Crippen molar-refractivity contribution in [3.63, 3.8) is 0 Å². The van der Waals surface area contributed by atoms with Crippen LogP contribution >= 0.6 is 0 Å². The lowest BCUT2D eigenvalue weighted by molar-refractivity contribution is 0.0586. The molecular weight excluding hydrogens is 336 g/mol. The Kier molecular flexibility index (Phi) is 13.9. The molecule has 0 aromatic carbocycles. The summed E-state index contributed by atoms with van der Waals surface area (Å²) >= 11 is 0. The summed E-state index contributed by atoms with van der Waals surface area (Å²) in [5, 5.41) is 0. The molecule has 0 amide bonds. The molecule has 1 fully saturated rings. The predicted molar refractivity (Wildman–Crippen MR) is 103 cm³/mol. The highest BCUT2D eigenvalue weighted by molar-refractivity contribution is 6.60. The van der Waals surface area contributed by atoms with Crippen molar-refractivity contribution >= 4 is 8.80 Å². The third-order valence-electron chi connectivity index (χ3n) is 4.06. The normalized spacial score (nSPS) is 17.2. The van der Waals surface area contributed by atoms with E-state index in [0.717, 1.165) is 77.8 Å². The number of hydrogen-bond donors (Lipinski definition) is 0. The van der Waals surface area contributed by atoms with Crippen molar-refractivity contribution < 1.29 is 22.8 Å². The van der Waals surface area contributed by atoms with Gasteiger partial charge in [-0.1, -0.05) is 40.0 Å². The molecule has 0 aliphatic carbocycles. The van der Waals surface area contributed by atoms with Crippen LogP contribution in [0.1, 0.15) is 72.1 Å². The fraction of sp³-hybridized carbons (Fsp3) is 1.00. The van der Waals surface area contributed by atoms with Gasteiger partial charge in [0.05, 0.1) is 13.2 Å². The standard InChI is InChI=1S/C19H40O5Si/c1-4-12-22-25(23-13-5-2,24-14-6-3)16-11-9-7-8-10-15-20-17-19-18-21-19/h19H,4-18H2,1-3H3. The molecule has 0 saturated carbocycles. The highest BCUT2D eigenvalue weighted by atomic mass is 28.4. The van der Waals surface area contributed by atoms with Crippen molar-refractivity contribution in [3.8, 4) is 0 Å². The number of epoxide rings is 1. The number of hydrogen-bond acceptors (Lipinski definition) is 5. The third kappa shape index (κ3) is 12.1. The zero-order valence-corrected chi connectivity index (χ0v) is 17.7. The van der Waals surface area contributed by atoms with Crippen LogP contribution in [0.3, 0.4) is 0 Å². The van der Waals surface area contributed by atoms with E-state index in [1.807, 2.05) is 0 Å². The SMILES string of the molecule is CCCO[Si](CCCCCCCOCC1CO1)(OCCC)OCCC. The molecule has 1 saturated heterocycles. The molecule has 1 heterocycles. The third-order valence-corrected chi connectivity index (χ3v) is 6.95. The maximum absolute atomic E-state index is 6.13. The highest BCUT2D eigenvalue weighted by Gasteiger charge is 2.40. The molecule has 0 spiro atoms. The summed E-state index contributed by atoms with van der Waals surface area (Å²) in [4.78, 5) is 0. The Morgan fingerprint density at radius 2 is 1.28 bits per heavy atom. The van der Waals surface area contributed by atoms with Gasteiger partial charge in [-0.2, -0.15) is 0 Å². The van der Waals surface area contributed by atoms with Crippen molar-refractivity contribution in [2.75, 3.05) is 39.6 Å². The largest absolute Gasteiger partial charge is 0.500 e. The summed E-state index contributed by atoms with van der Waals surface area (Å²) in [6.07, 6.45) is 9.34. The molecule has 1 aliphatic heterocycles. The summed E-state index contributed by atoms with van der Waals surface area (Å²) < 4.78 is 29.1. The maximum Gasteiger partial charge on any atom is 0.500 e. The average molecular weight is 377 g/mol. The van der Waals surface area contributed by atoms with Crippen molar-refractivity contribution in [2.24, 2.45) is 0 Å². The van der Waals surface area contributed by atoms with Gasteiger partial charge in [0.1, 0.15) is 6.10 Å². The molecule has 1 unspecified atom stereocenters. The van der Waals surface area contributed by atoms with Gasteiger partial charge < -0.3 is 22.8 Å². The minimum absolute atomic E-state index is 0.382. The molecule has 0 aromatic heterocycles. The summed E-state index contributed by atoms with van der Waals surface area (Å²) in [7, 11) is -2.48.